The Bertz CT molecular complexity index is 499. The summed E-state index contributed by atoms with van der Waals surface area (Å²) in [5.74, 6) is -0.952. The van der Waals surface area contributed by atoms with Crippen molar-refractivity contribution in [2.24, 2.45) is 0 Å². The highest BCUT2D eigenvalue weighted by Crippen LogP contribution is 2.21. The Balaban J connectivity index is 2.25. The molecule has 5 nitrogen and oxygen atoms in total. The van der Waals surface area contributed by atoms with Crippen LogP contribution in [0.1, 0.15) is 41.6 Å². The Morgan fingerprint density at radius 3 is 2.84 bits per heavy atom. The number of hydrogen-bond donors (Lipinski definition) is 2. The second-order valence-corrected chi connectivity index (χ2v) is 4.81. The van der Waals surface area contributed by atoms with E-state index in [0.717, 1.165) is 19.3 Å². The van der Waals surface area contributed by atoms with Crippen molar-refractivity contribution in [3.8, 4) is 0 Å². The van der Waals surface area contributed by atoms with E-state index in [4.69, 9.17) is 5.73 Å². The van der Waals surface area contributed by atoms with Crippen LogP contribution in [0.4, 0.5) is 5.69 Å². The number of amides is 1. The van der Waals surface area contributed by atoms with Crippen LogP contribution in [0.3, 0.4) is 0 Å². The first-order valence-corrected chi connectivity index (χ1v) is 6.48. The van der Waals surface area contributed by atoms with Crippen LogP contribution in [0.15, 0.2) is 18.2 Å². The zero-order valence-corrected chi connectivity index (χ0v) is 10.8. The summed E-state index contributed by atoms with van der Waals surface area (Å²) in [6.45, 7) is 1.01. The number of carbonyl (C=O) groups excluding carboxylic acids is 1. The molecule has 1 aliphatic heterocycles. The number of benzene rings is 1. The van der Waals surface area contributed by atoms with Crippen molar-refractivity contribution in [3.05, 3.63) is 29.3 Å². The van der Waals surface area contributed by atoms with Crippen LogP contribution in [-0.2, 0) is 11.3 Å². The maximum atomic E-state index is 11.9. The Kier molecular flexibility index (Phi) is 4.04. The SMILES string of the molecule is Nc1cccc(CN2CCCCCC2=O)c1C(=O)O. The standard InChI is InChI=1S/C14H18N2O3/c15-11-6-4-5-10(13(11)14(18)19)9-16-8-3-1-2-7-12(16)17/h4-6H,1-3,7-9,15H2,(H,18,19). The van der Waals surface area contributed by atoms with Crippen LogP contribution in [0.2, 0.25) is 0 Å². The molecular formula is C14H18N2O3. The number of nitrogen functional groups attached to an aromatic ring is 1. The second kappa shape index (κ2) is 5.73. The molecule has 3 N–H and O–H groups in total. The summed E-state index contributed by atoms with van der Waals surface area (Å²) in [6, 6.07) is 5.01. The molecule has 1 saturated heterocycles. The van der Waals surface area contributed by atoms with Crippen LogP contribution >= 0.6 is 0 Å². The monoisotopic (exact) mass is 262 g/mol. The lowest BCUT2D eigenvalue weighted by molar-refractivity contribution is -0.131. The van der Waals surface area contributed by atoms with Gasteiger partial charge in [0.15, 0.2) is 0 Å². The van der Waals surface area contributed by atoms with Crippen LogP contribution in [-0.4, -0.2) is 28.4 Å². The highest BCUT2D eigenvalue weighted by atomic mass is 16.4. The molecule has 1 aliphatic rings. The van der Waals surface area contributed by atoms with Gasteiger partial charge in [0.25, 0.3) is 0 Å². The summed E-state index contributed by atoms with van der Waals surface area (Å²) < 4.78 is 0. The van der Waals surface area contributed by atoms with E-state index < -0.39 is 5.97 Å². The van der Waals surface area contributed by atoms with Gasteiger partial charge >= 0.3 is 5.97 Å². The molecule has 1 heterocycles. The quantitative estimate of drug-likeness (QED) is 0.814. The largest absolute Gasteiger partial charge is 0.478 e. The van der Waals surface area contributed by atoms with Crippen LogP contribution in [0.25, 0.3) is 0 Å². The molecule has 2 rings (SSSR count). The first kappa shape index (κ1) is 13.4. The molecule has 1 aromatic rings. The molecule has 1 fully saturated rings. The van der Waals surface area contributed by atoms with E-state index >= 15 is 0 Å². The van der Waals surface area contributed by atoms with Crippen LogP contribution in [0, 0.1) is 0 Å². The summed E-state index contributed by atoms with van der Waals surface area (Å²) in [5, 5.41) is 9.21. The van der Waals surface area contributed by atoms with E-state index in [9.17, 15) is 14.7 Å². The molecule has 0 saturated carbocycles. The number of likely N-dealkylation sites (tertiary alicyclic amines) is 1. The van der Waals surface area contributed by atoms with E-state index in [1.54, 1.807) is 23.1 Å². The van der Waals surface area contributed by atoms with Gasteiger partial charge in [0, 0.05) is 25.2 Å². The Morgan fingerprint density at radius 1 is 1.32 bits per heavy atom. The molecule has 0 atom stereocenters. The van der Waals surface area contributed by atoms with Crippen molar-refractivity contribution in [2.45, 2.75) is 32.2 Å². The van der Waals surface area contributed by atoms with E-state index in [-0.39, 0.29) is 17.2 Å². The first-order chi connectivity index (χ1) is 9.09. The lowest BCUT2D eigenvalue weighted by Gasteiger charge is -2.21. The molecule has 0 radical (unpaired) electrons. The average Bonchev–Trinajstić information content (AvgIpc) is 2.54. The van der Waals surface area contributed by atoms with Crippen molar-refractivity contribution < 1.29 is 14.7 Å². The number of anilines is 1. The van der Waals surface area contributed by atoms with Gasteiger partial charge in [0.2, 0.25) is 5.91 Å². The van der Waals surface area contributed by atoms with Crippen LogP contribution in [0.5, 0.6) is 0 Å². The van der Waals surface area contributed by atoms with E-state index in [1.807, 2.05) is 0 Å². The van der Waals surface area contributed by atoms with E-state index in [1.165, 1.54) is 0 Å². The van der Waals surface area contributed by atoms with Crippen LogP contribution < -0.4 is 5.73 Å². The fraction of sp³-hybridized carbons (Fsp3) is 0.429. The number of rotatable bonds is 3. The fourth-order valence-electron chi connectivity index (χ4n) is 2.42. The number of nitrogens with zero attached hydrogens (tertiary/aromatic N) is 1. The summed E-state index contributed by atoms with van der Waals surface area (Å²) in [6.07, 6.45) is 3.48. The van der Waals surface area contributed by atoms with Crippen molar-refractivity contribution in [1.29, 1.82) is 0 Å². The van der Waals surface area contributed by atoms with Gasteiger partial charge in [-0.15, -0.1) is 0 Å². The van der Waals surface area contributed by atoms with E-state index in [2.05, 4.69) is 0 Å². The van der Waals surface area contributed by atoms with Gasteiger partial charge in [-0.3, -0.25) is 4.79 Å². The molecule has 1 aromatic carbocycles. The minimum Gasteiger partial charge on any atom is -0.478 e. The minimum atomic E-state index is -1.05. The van der Waals surface area contributed by atoms with Gasteiger partial charge in [-0.2, -0.15) is 0 Å². The first-order valence-electron chi connectivity index (χ1n) is 6.48. The highest BCUT2D eigenvalue weighted by molar-refractivity contribution is 5.95. The average molecular weight is 262 g/mol. The summed E-state index contributed by atoms with van der Waals surface area (Å²) >= 11 is 0. The maximum absolute atomic E-state index is 11.9. The van der Waals surface area contributed by atoms with Crippen molar-refractivity contribution in [1.82, 2.24) is 4.90 Å². The normalized spacial score (nSPS) is 16.2. The zero-order chi connectivity index (χ0) is 13.8. The smallest absolute Gasteiger partial charge is 0.338 e. The molecule has 1 amide bonds. The predicted molar refractivity (Wildman–Crippen MR) is 71.7 cm³/mol. The van der Waals surface area contributed by atoms with Gasteiger partial charge in [0.1, 0.15) is 0 Å². The lowest BCUT2D eigenvalue weighted by Crippen LogP contribution is -2.30. The molecule has 0 aliphatic carbocycles. The minimum absolute atomic E-state index is 0.0938. The number of hydrogen-bond acceptors (Lipinski definition) is 3. The van der Waals surface area contributed by atoms with Gasteiger partial charge in [-0.25, -0.2) is 4.79 Å². The molecule has 0 bridgehead atoms. The Labute approximate surface area is 112 Å². The molecule has 0 spiro atoms. The summed E-state index contributed by atoms with van der Waals surface area (Å²) in [5.41, 5.74) is 6.66. The number of carbonyl (C=O) groups is 2. The van der Waals surface area contributed by atoms with Gasteiger partial charge < -0.3 is 15.7 Å². The molecule has 19 heavy (non-hydrogen) atoms. The summed E-state index contributed by atoms with van der Waals surface area (Å²) in [7, 11) is 0. The van der Waals surface area contributed by atoms with Gasteiger partial charge in [-0.1, -0.05) is 18.6 Å². The molecule has 0 aromatic heterocycles. The summed E-state index contributed by atoms with van der Waals surface area (Å²) in [4.78, 5) is 24.9. The Morgan fingerprint density at radius 2 is 2.11 bits per heavy atom. The van der Waals surface area contributed by atoms with Gasteiger partial charge in [0.05, 0.1) is 5.56 Å². The molecule has 0 unspecified atom stereocenters. The second-order valence-electron chi connectivity index (χ2n) is 4.81. The Hall–Kier alpha value is -2.04. The topological polar surface area (TPSA) is 83.6 Å². The maximum Gasteiger partial charge on any atom is 0.338 e. The third kappa shape index (κ3) is 3.05. The molecule has 5 heteroatoms. The third-order valence-electron chi connectivity index (χ3n) is 3.43. The number of carboxylic acid groups (broad SMARTS) is 1. The molecule has 102 valence electrons. The third-order valence-corrected chi connectivity index (χ3v) is 3.43. The number of aromatic carboxylic acids is 1. The van der Waals surface area contributed by atoms with Crippen molar-refractivity contribution in [3.63, 3.8) is 0 Å². The highest BCUT2D eigenvalue weighted by Gasteiger charge is 2.20. The lowest BCUT2D eigenvalue weighted by atomic mass is 10.0. The van der Waals surface area contributed by atoms with E-state index in [0.29, 0.717) is 25.1 Å². The number of carboxylic acids is 1. The van der Waals surface area contributed by atoms with Crippen molar-refractivity contribution in [2.75, 3.05) is 12.3 Å². The molecular weight excluding hydrogens is 244 g/mol. The van der Waals surface area contributed by atoms with Crippen molar-refractivity contribution >= 4 is 17.6 Å². The number of nitrogens with two attached hydrogens (primary N) is 1. The van der Waals surface area contributed by atoms with Gasteiger partial charge in [-0.05, 0) is 24.5 Å². The zero-order valence-electron chi connectivity index (χ0n) is 10.8. The fourth-order valence-corrected chi connectivity index (χ4v) is 2.42. The predicted octanol–water partition coefficient (Wildman–Crippen LogP) is 1.87.